The number of aliphatic imine (C=N–C) groups is 1. The van der Waals surface area contributed by atoms with Crippen molar-refractivity contribution < 1.29 is 7.24 Å². The molecule has 0 spiro atoms. The number of aryl methyl sites for hydroxylation is 1. The van der Waals surface area contributed by atoms with Gasteiger partial charge in [0.15, 0.2) is 0 Å². The molecule has 8 heteroatoms. The van der Waals surface area contributed by atoms with Gasteiger partial charge >= 0.3 is 0 Å². The van der Waals surface area contributed by atoms with E-state index in [4.69, 9.17) is 5.73 Å². The highest BCUT2D eigenvalue weighted by Gasteiger charge is 2.16. The number of anilines is 1. The summed E-state index contributed by atoms with van der Waals surface area (Å²) in [6, 6.07) is 4.85. The van der Waals surface area contributed by atoms with E-state index >= 15 is 0 Å². The van der Waals surface area contributed by atoms with Gasteiger partial charge in [-0.2, -0.15) is 5.10 Å². The molecule has 4 N–H and O–H groups in total. The van der Waals surface area contributed by atoms with Gasteiger partial charge in [0.2, 0.25) is 0 Å². The van der Waals surface area contributed by atoms with E-state index < -0.39 is 5.82 Å². The van der Waals surface area contributed by atoms with Gasteiger partial charge in [0.05, 0.1) is 29.0 Å². The molecule has 220 valence electrons. The van der Waals surface area contributed by atoms with E-state index in [1.54, 1.807) is 29.2 Å². The summed E-state index contributed by atoms with van der Waals surface area (Å²) in [5, 5.41) is 10.8. The first-order valence-electron chi connectivity index (χ1n) is 14.2. The van der Waals surface area contributed by atoms with Crippen LogP contribution in [0.2, 0.25) is 0 Å². The maximum absolute atomic E-state index is 14.9. The highest BCUT2D eigenvalue weighted by molar-refractivity contribution is 6.06. The fourth-order valence-corrected chi connectivity index (χ4v) is 4.69. The quantitative estimate of drug-likeness (QED) is 0.224. The Morgan fingerprint density at radius 3 is 2.63 bits per heavy atom. The van der Waals surface area contributed by atoms with Gasteiger partial charge in [-0.3, -0.25) is 9.67 Å². The summed E-state index contributed by atoms with van der Waals surface area (Å²) in [6.45, 7) is 15.6. The number of allylic oxidation sites excluding steroid dienone is 4. The summed E-state index contributed by atoms with van der Waals surface area (Å²) >= 11 is 0. The molecule has 41 heavy (non-hydrogen) atoms. The van der Waals surface area contributed by atoms with Gasteiger partial charge in [0.25, 0.3) is 0 Å². The van der Waals surface area contributed by atoms with E-state index in [1.807, 2.05) is 39.2 Å². The molecule has 0 saturated carbocycles. The van der Waals surface area contributed by atoms with Crippen LogP contribution in [0.4, 0.5) is 10.1 Å². The van der Waals surface area contributed by atoms with E-state index in [2.05, 4.69) is 50.2 Å². The molecule has 1 aromatic heterocycles. The average molecular weight is 560 g/mol. The van der Waals surface area contributed by atoms with Gasteiger partial charge in [-0.25, -0.2) is 4.39 Å². The fourth-order valence-electron chi connectivity index (χ4n) is 4.69. The topological polar surface area (TPSA) is 83.5 Å². The van der Waals surface area contributed by atoms with E-state index in [0.717, 1.165) is 48.6 Å². The third kappa shape index (κ3) is 8.57. The lowest BCUT2D eigenvalue weighted by molar-refractivity contribution is 0.232. The zero-order chi connectivity index (χ0) is 29.6. The molecule has 0 unspecified atom stereocenters. The largest absolute Gasteiger partial charge is 0.404 e. The van der Waals surface area contributed by atoms with Gasteiger partial charge in [-0.15, -0.1) is 11.5 Å². The number of halogens is 1. The predicted molar refractivity (Wildman–Crippen MR) is 174 cm³/mol. The molecular formula is C33H46FN7. The Labute approximate surface area is 246 Å². The highest BCUT2D eigenvalue weighted by Crippen LogP contribution is 2.25. The summed E-state index contributed by atoms with van der Waals surface area (Å²) in [6.07, 6.45) is 15.3. The number of likely N-dealkylation sites (tertiary alicyclic amines) is 1. The van der Waals surface area contributed by atoms with Crippen LogP contribution in [-0.4, -0.2) is 46.6 Å². The summed E-state index contributed by atoms with van der Waals surface area (Å²) in [5.74, 6) is -0.416. The molecular weight excluding hydrogens is 513 g/mol. The first kappa shape index (κ1) is 31.2. The van der Waals surface area contributed by atoms with Gasteiger partial charge < -0.3 is 21.3 Å². The third-order valence-corrected chi connectivity index (χ3v) is 6.80. The van der Waals surface area contributed by atoms with Crippen LogP contribution in [-0.2, 0) is 7.05 Å². The molecule has 1 saturated heterocycles. The van der Waals surface area contributed by atoms with E-state index in [-0.39, 0.29) is 8.54 Å². The summed E-state index contributed by atoms with van der Waals surface area (Å²) in [7, 11) is 1.87. The predicted octanol–water partition coefficient (Wildman–Crippen LogP) is 6.64. The minimum atomic E-state index is -0.416. The van der Waals surface area contributed by atoms with Crippen molar-refractivity contribution in [3.05, 3.63) is 108 Å². The number of nitrogens with one attached hydrogen (secondary N) is 2. The number of benzene rings is 1. The second-order valence-corrected chi connectivity index (χ2v) is 9.50. The van der Waals surface area contributed by atoms with E-state index in [9.17, 15) is 4.39 Å². The monoisotopic (exact) mass is 559 g/mol. The van der Waals surface area contributed by atoms with Crippen LogP contribution in [0.15, 0.2) is 96.0 Å². The van der Waals surface area contributed by atoms with Crippen LogP contribution in [0.25, 0.3) is 11.3 Å². The second kappa shape index (κ2) is 16.0. The normalized spacial score (nSPS) is 15.3. The molecule has 1 fully saturated rings. The van der Waals surface area contributed by atoms with Crippen LogP contribution < -0.4 is 16.4 Å². The third-order valence-electron chi connectivity index (χ3n) is 6.80. The van der Waals surface area contributed by atoms with Gasteiger partial charge in [-0.05, 0) is 44.1 Å². The SMILES string of the molecule is C=C=C(Nc1cc(C(=C=C)NCCN2CCCCC2)ccc1F)/C(=C/N)C1=NC=C(c2cnn(C)c2)C=CC1.CC.[HH].[HH]. The number of nitrogens with two attached hydrogens (primary N) is 1. The highest BCUT2D eigenvalue weighted by atomic mass is 19.1. The molecule has 0 amide bonds. The summed E-state index contributed by atoms with van der Waals surface area (Å²) < 4.78 is 16.7. The molecule has 2 aromatic rings. The van der Waals surface area contributed by atoms with Crippen molar-refractivity contribution in [2.75, 3.05) is 31.5 Å². The molecule has 0 aliphatic carbocycles. The zero-order valence-corrected chi connectivity index (χ0v) is 24.5. The Hall–Kier alpha value is -4.35. The lowest BCUT2D eigenvalue weighted by Gasteiger charge is -2.26. The van der Waals surface area contributed by atoms with E-state index in [1.165, 1.54) is 31.5 Å². The van der Waals surface area contributed by atoms with Crippen LogP contribution in [0, 0.1) is 5.82 Å². The van der Waals surface area contributed by atoms with Gasteiger partial charge in [-0.1, -0.05) is 45.6 Å². The number of hydrogen-bond donors (Lipinski definition) is 3. The summed E-state index contributed by atoms with van der Waals surface area (Å²) in [4.78, 5) is 7.13. The van der Waals surface area contributed by atoms with E-state index in [0.29, 0.717) is 23.4 Å². The lowest BCUT2D eigenvalue weighted by Crippen LogP contribution is -2.35. The first-order chi connectivity index (χ1) is 20.0. The van der Waals surface area contributed by atoms with Crippen molar-refractivity contribution in [3.8, 4) is 0 Å². The maximum Gasteiger partial charge on any atom is 0.146 e. The Morgan fingerprint density at radius 1 is 1.20 bits per heavy atom. The molecule has 2 aliphatic rings. The second-order valence-electron chi connectivity index (χ2n) is 9.50. The van der Waals surface area contributed by atoms with Crippen molar-refractivity contribution in [3.63, 3.8) is 0 Å². The van der Waals surface area contributed by atoms with Gasteiger partial charge in [0, 0.05) is 70.3 Å². The average Bonchev–Trinajstić information content (AvgIpc) is 3.30. The van der Waals surface area contributed by atoms with Gasteiger partial charge in [0.1, 0.15) is 5.82 Å². The van der Waals surface area contributed by atoms with Crippen molar-refractivity contribution in [2.45, 2.75) is 39.5 Å². The fraction of sp³-hybridized carbons (Fsp3) is 0.333. The van der Waals surface area contributed by atoms with Crippen molar-refractivity contribution >= 4 is 22.7 Å². The maximum atomic E-state index is 14.9. The Morgan fingerprint density at radius 2 is 1.98 bits per heavy atom. The van der Waals surface area contributed by atoms with Crippen molar-refractivity contribution in [1.82, 2.24) is 20.0 Å². The molecule has 0 radical (unpaired) electrons. The molecule has 0 atom stereocenters. The zero-order valence-electron chi connectivity index (χ0n) is 24.5. The minimum Gasteiger partial charge on any atom is -0.404 e. The first-order valence-corrected chi connectivity index (χ1v) is 14.2. The van der Waals surface area contributed by atoms with Crippen molar-refractivity contribution in [2.24, 2.45) is 17.8 Å². The molecule has 1 aromatic carbocycles. The molecule has 0 bridgehead atoms. The number of hydrogen-bond acceptors (Lipinski definition) is 6. The Bertz CT molecular complexity index is 1420. The number of aromatic nitrogens is 2. The number of piperidine rings is 1. The molecule has 3 heterocycles. The standard InChI is InChI=1S/C31H36FN7.C2H6.2H2/c1-4-28(34-14-17-39-15-7-6-8-16-39)23-12-13-27(32)31(18-23)37-29(5-2)26(19-33)30-11-9-10-24(20-35-30)25-21-36-38(3)22-25;1-2;;/h9-10,12-13,18-22,34,37H,1-2,6-8,11,14-17,33H2,3H3;1-2H3;2*1H/b26-19-;;;. The summed E-state index contributed by atoms with van der Waals surface area (Å²) in [5.41, 5.74) is 17.2. The minimum absolute atomic E-state index is 0. The molecule has 7 nitrogen and oxygen atoms in total. The van der Waals surface area contributed by atoms with Crippen LogP contribution in [0.1, 0.15) is 53.5 Å². The lowest BCUT2D eigenvalue weighted by atomic mass is 10.0. The Kier molecular flexibility index (Phi) is 12.2. The molecule has 2 aliphatic heterocycles. The van der Waals surface area contributed by atoms with Crippen LogP contribution >= 0.6 is 0 Å². The van der Waals surface area contributed by atoms with Crippen LogP contribution in [0.3, 0.4) is 0 Å². The smallest absolute Gasteiger partial charge is 0.146 e. The molecule has 4 rings (SSSR count). The number of rotatable bonds is 10. The number of nitrogens with zero attached hydrogens (tertiary/aromatic N) is 4. The van der Waals surface area contributed by atoms with Crippen molar-refractivity contribution in [1.29, 1.82) is 0 Å². The van der Waals surface area contributed by atoms with Crippen LogP contribution in [0.5, 0.6) is 0 Å². The Balaban J connectivity index is 0.00000226.